The van der Waals surface area contributed by atoms with Gasteiger partial charge in [-0.15, -0.1) is 11.3 Å². The van der Waals surface area contributed by atoms with E-state index < -0.39 is 5.97 Å². The fourth-order valence-electron chi connectivity index (χ4n) is 2.76. The minimum absolute atomic E-state index is 0.309. The lowest BCUT2D eigenvalue weighted by Gasteiger charge is -2.24. The summed E-state index contributed by atoms with van der Waals surface area (Å²) in [6.07, 6.45) is 3.58. The molecule has 0 bridgehead atoms. The van der Waals surface area contributed by atoms with Gasteiger partial charge in [0.05, 0.1) is 5.56 Å². The van der Waals surface area contributed by atoms with Crippen LogP contribution in [-0.4, -0.2) is 11.1 Å². The number of aryl methyl sites for hydroxylation is 1. The molecule has 1 heterocycles. The van der Waals surface area contributed by atoms with Crippen molar-refractivity contribution >= 4 is 33.2 Å². The number of carbonyl (C=O) groups is 1. The fraction of sp³-hybridized carbons (Fsp3) is 0.312. The Balaban J connectivity index is 1.70. The minimum Gasteiger partial charge on any atom is -0.478 e. The van der Waals surface area contributed by atoms with Crippen molar-refractivity contribution in [2.75, 3.05) is 0 Å². The standard InChI is InChI=1S/C16H16BrNO2S/c17-13-8-10(16(19)20)4-5-11(13)9-18-14-2-1-3-15-12(14)6-7-21-15/h4-8,14,18H,1-3,9H2,(H,19,20). The maximum absolute atomic E-state index is 10.9. The van der Waals surface area contributed by atoms with Crippen LogP contribution < -0.4 is 5.32 Å². The third-order valence-corrected chi connectivity index (χ3v) is 5.63. The van der Waals surface area contributed by atoms with Gasteiger partial charge < -0.3 is 10.4 Å². The first-order chi connectivity index (χ1) is 10.1. The molecule has 0 saturated carbocycles. The molecule has 0 aliphatic heterocycles. The smallest absolute Gasteiger partial charge is 0.335 e. The molecule has 1 aromatic heterocycles. The number of halogens is 1. The van der Waals surface area contributed by atoms with Crippen LogP contribution in [-0.2, 0) is 13.0 Å². The first-order valence-corrected chi connectivity index (χ1v) is 8.64. The normalized spacial score (nSPS) is 17.5. The predicted octanol–water partition coefficient (Wildman–Crippen LogP) is 4.38. The lowest BCUT2D eigenvalue weighted by Crippen LogP contribution is -2.24. The van der Waals surface area contributed by atoms with Crippen molar-refractivity contribution in [1.82, 2.24) is 5.32 Å². The molecule has 3 rings (SSSR count). The van der Waals surface area contributed by atoms with Crippen molar-refractivity contribution in [3.8, 4) is 0 Å². The highest BCUT2D eigenvalue weighted by atomic mass is 79.9. The summed E-state index contributed by atoms with van der Waals surface area (Å²) in [4.78, 5) is 12.4. The van der Waals surface area contributed by atoms with Gasteiger partial charge in [-0.25, -0.2) is 4.79 Å². The average Bonchev–Trinajstić information content (AvgIpc) is 2.94. The number of hydrogen-bond donors (Lipinski definition) is 2. The number of carboxylic acids is 1. The highest BCUT2D eigenvalue weighted by molar-refractivity contribution is 9.10. The van der Waals surface area contributed by atoms with Gasteiger partial charge in [0, 0.05) is 21.9 Å². The molecular formula is C16H16BrNO2S. The summed E-state index contributed by atoms with van der Waals surface area (Å²) in [7, 11) is 0. The Labute approximate surface area is 136 Å². The molecular weight excluding hydrogens is 350 g/mol. The quantitative estimate of drug-likeness (QED) is 0.845. The molecule has 110 valence electrons. The van der Waals surface area contributed by atoms with E-state index in [2.05, 4.69) is 32.7 Å². The Hall–Kier alpha value is -1.17. The lowest BCUT2D eigenvalue weighted by atomic mass is 9.94. The van der Waals surface area contributed by atoms with E-state index in [0.29, 0.717) is 11.6 Å². The van der Waals surface area contributed by atoms with Crippen LogP contribution in [0.1, 0.15) is 45.2 Å². The van der Waals surface area contributed by atoms with Crippen LogP contribution in [0.3, 0.4) is 0 Å². The van der Waals surface area contributed by atoms with E-state index in [1.165, 1.54) is 23.3 Å². The molecule has 3 nitrogen and oxygen atoms in total. The van der Waals surface area contributed by atoms with Crippen LogP contribution in [0.15, 0.2) is 34.1 Å². The molecule has 0 saturated heterocycles. The second-order valence-corrected chi connectivity index (χ2v) is 7.09. The Morgan fingerprint density at radius 2 is 2.29 bits per heavy atom. The van der Waals surface area contributed by atoms with Crippen molar-refractivity contribution < 1.29 is 9.90 Å². The van der Waals surface area contributed by atoms with Crippen LogP contribution in [0, 0.1) is 0 Å². The Morgan fingerprint density at radius 1 is 1.43 bits per heavy atom. The second-order valence-electron chi connectivity index (χ2n) is 5.24. The average molecular weight is 366 g/mol. The summed E-state index contributed by atoms with van der Waals surface area (Å²) in [5.41, 5.74) is 2.83. The van der Waals surface area contributed by atoms with E-state index in [1.807, 2.05) is 17.4 Å². The SMILES string of the molecule is O=C(O)c1ccc(CNC2CCCc3sccc32)c(Br)c1. The van der Waals surface area contributed by atoms with Gasteiger partial charge >= 0.3 is 5.97 Å². The van der Waals surface area contributed by atoms with Crippen LogP contribution in [0.4, 0.5) is 0 Å². The minimum atomic E-state index is -0.898. The van der Waals surface area contributed by atoms with Crippen LogP contribution in [0.2, 0.25) is 0 Å². The third kappa shape index (κ3) is 3.20. The van der Waals surface area contributed by atoms with E-state index in [4.69, 9.17) is 5.11 Å². The van der Waals surface area contributed by atoms with E-state index in [9.17, 15) is 4.79 Å². The topological polar surface area (TPSA) is 49.3 Å². The summed E-state index contributed by atoms with van der Waals surface area (Å²) in [5, 5.41) is 14.8. The van der Waals surface area contributed by atoms with Crippen molar-refractivity contribution in [3.05, 3.63) is 55.7 Å². The zero-order valence-corrected chi connectivity index (χ0v) is 13.8. The van der Waals surface area contributed by atoms with Crippen molar-refractivity contribution in [1.29, 1.82) is 0 Å². The number of benzene rings is 1. The van der Waals surface area contributed by atoms with Crippen LogP contribution in [0.25, 0.3) is 0 Å². The first kappa shape index (κ1) is 14.8. The molecule has 21 heavy (non-hydrogen) atoms. The van der Waals surface area contributed by atoms with Gasteiger partial charge in [-0.05, 0) is 54.0 Å². The van der Waals surface area contributed by atoms with Crippen molar-refractivity contribution in [3.63, 3.8) is 0 Å². The summed E-state index contributed by atoms with van der Waals surface area (Å²) in [6.45, 7) is 0.737. The lowest BCUT2D eigenvalue weighted by molar-refractivity contribution is 0.0697. The number of nitrogens with one attached hydrogen (secondary N) is 1. The van der Waals surface area contributed by atoms with Gasteiger partial charge in [-0.2, -0.15) is 0 Å². The molecule has 5 heteroatoms. The van der Waals surface area contributed by atoms with Gasteiger partial charge in [0.15, 0.2) is 0 Å². The Morgan fingerprint density at radius 3 is 3.05 bits per heavy atom. The number of thiophene rings is 1. The first-order valence-electron chi connectivity index (χ1n) is 6.96. The predicted molar refractivity (Wildman–Crippen MR) is 87.9 cm³/mol. The summed E-state index contributed by atoms with van der Waals surface area (Å²) in [6, 6.07) is 7.82. The highest BCUT2D eigenvalue weighted by Crippen LogP contribution is 2.33. The molecule has 1 unspecified atom stereocenters. The monoisotopic (exact) mass is 365 g/mol. The number of rotatable bonds is 4. The largest absolute Gasteiger partial charge is 0.478 e. The Kier molecular flexibility index (Phi) is 4.42. The molecule has 2 N–H and O–H groups in total. The third-order valence-electron chi connectivity index (χ3n) is 3.89. The molecule has 1 atom stereocenters. The molecule has 1 aliphatic carbocycles. The number of hydrogen-bond acceptors (Lipinski definition) is 3. The van der Waals surface area contributed by atoms with Gasteiger partial charge in [-0.3, -0.25) is 0 Å². The molecule has 0 fully saturated rings. The van der Waals surface area contributed by atoms with E-state index in [1.54, 1.807) is 12.1 Å². The van der Waals surface area contributed by atoms with E-state index in [0.717, 1.165) is 23.0 Å². The van der Waals surface area contributed by atoms with E-state index in [-0.39, 0.29) is 0 Å². The molecule has 1 aliphatic rings. The molecule has 1 aromatic carbocycles. The Bertz CT molecular complexity index is 668. The maximum atomic E-state index is 10.9. The summed E-state index contributed by atoms with van der Waals surface area (Å²) < 4.78 is 0.844. The van der Waals surface area contributed by atoms with Crippen LogP contribution in [0.5, 0.6) is 0 Å². The highest BCUT2D eigenvalue weighted by Gasteiger charge is 2.20. The maximum Gasteiger partial charge on any atom is 0.335 e. The van der Waals surface area contributed by atoms with Crippen molar-refractivity contribution in [2.45, 2.75) is 31.8 Å². The zero-order valence-electron chi connectivity index (χ0n) is 11.4. The molecule has 0 amide bonds. The summed E-state index contributed by atoms with van der Waals surface area (Å²) >= 11 is 5.31. The van der Waals surface area contributed by atoms with Crippen molar-refractivity contribution in [2.24, 2.45) is 0 Å². The van der Waals surface area contributed by atoms with E-state index >= 15 is 0 Å². The number of aromatic carboxylic acids is 1. The summed E-state index contributed by atoms with van der Waals surface area (Å²) in [5.74, 6) is -0.898. The number of carboxylic acid groups (broad SMARTS) is 1. The number of fused-ring (bicyclic) bond motifs is 1. The zero-order chi connectivity index (χ0) is 14.8. The molecule has 2 aromatic rings. The van der Waals surface area contributed by atoms with Gasteiger partial charge in [0.1, 0.15) is 0 Å². The fourth-order valence-corrected chi connectivity index (χ4v) is 4.26. The van der Waals surface area contributed by atoms with Gasteiger partial charge in [-0.1, -0.05) is 22.0 Å². The van der Waals surface area contributed by atoms with Crippen LogP contribution >= 0.6 is 27.3 Å². The van der Waals surface area contributed by atoms with Gasteiger partial charge in [0.25, 0.3) is 0 Å². The van der Waals surface area contributed by atoms with Gasteiger partial charge in [0.2, 0.25) is 0 Å². The second kappa shape index (κ2) is 6.30. The molecule has 0 spiro atoms. The molecule has 0 radical (unpaired) electrons.